The van der Waals surface area contributed by atoms with E-state index in [4.69, 9.17) is 4.42 Å². The fraction of sp³-hybridized carbons (Fsp3) is 0.417. The summed E-state index contributed by atoms with van der Waals surface area (Å²) in [6, 6.07) is 6.00. The van der Waals surface area contributed by atoms with Crippen molar-refractivity contribution in [3.05, 3.63) is 35.9 Å². The van der Waals surface area contributed by atoms with Crippen LogP contribution in [0.5, 0.6) is 0 Å². The summed E-state index contributed by atoms with van der Waals surface area (Å²) in [6.07, 6.45) is 4.26. The Balaban J connectivity index is 1.69. The molecule has 2 aromatic heterocycles. The number of anilines is 1. The van der Waals surface area contributed by atoms with Gasteiger partial charge in [0, 0.05) is 19.0 Å². The normalized spacial score (nSPS) is 15.3. The van der Waals surface area contributed by atoms with E-state index >= 15 is 0 Å². The highest BCUT2D eigenvalue weighted by atomic mass is 16.3. The molecule has 0 spiro atoms. The summed E-state index contributed by atoms with van der Waals surface area (Å²) in [5.74, 6) is 2.69. The zero-order chi connectivity index (χ0) is 11.0. The summed E-state index contributed by atoms with van der Waals surface area (Å²) in [6.45, 7) is 0.705. The third-order valence-corrected chi connectivity index (χ3v) is 2.92. The molecule has 1 saturated carbocycles. The third kappa shape index (κ3) is 1.83. The Bertz CT molecular complexity index is 468. The smallest absolute Gasteiger partial charge is 0.124 e. The van der Waals surface area contributed by atoms with Crippen LogP contribution >= 0.6 is 0 Å². The lowest BCUT2D eigenvalue weighted by Crippen LogP contribution is -2.03. The van der Waals surface area contributed by atoms with Crippen molar-refractivity contribution in [2.75, 3.05) is 5.32 Å². The van der Waals surface area contributed by atoms with E-state index in [0.717, 1.165) is 11.6 Å². The second-order valence-corrected chi connectivity index (χ2v) is 4.29. The highest BCUT2D eigenvalue weighted by Gasteiger charge is 2.26. The first-order chi connectivity index (χ1) is 7.83. The van der Waals surface area contributed by atoms with Crippen molar-refractivity contribution in [3.63, 3.8) is 0 Å². The van der Waals surface area contributed by atoms with Gasteiger partial charge in [0.05, 0.1) is 18.5 Å². The van der Waals surface area contributed by atoms with Crippen molar-refractivity contribution in [2.24, 2.45) is 7.05 Å². The molecule has 1 N–H and O–H groups in total. The second-order valence-electron chi connectivity index (χ2n) is 4.29. The maximum Gasteiger partial charge on any atom is 0.124 e. The van der Waals surface area contributed by atoms with Crippen molar-refractivity contribution < 1.29 is 4.42 Å². The van der Waals surface area contributed by atoms with Crippen LogP contribution < -0.4 is 5.32 Å². The predicted octanol–water partition coefficient (Wildman–Crippen LogP) is 2.50. The van der Waals surface area contributed by atoms with Crippen LogP contribution in [-0.4, -0.2) is 9.78 Å². The molecule has 0 radical (unpaired) electrons. The summed E-state index contributed by atoms with van der Waals surface area (Å²) >= 11 is 0. The lowest BCUT2D eigenvalue weighted by molar-refractivity contribution is 0.517. The molecule has 4 heteroatoms. The first-order valence-electron chi connectivity index (χ1n) is 5.63. The largest absolute Gasteiger partial charge is 0.467 e. The molecule has 1 aliphatic rings. The zero-order valence-electron chi connectivity index (χ0n) is 9.31. The number of nitrogens with one attached hydrogen (secondary N) is 1. The maximum absolute atomic E-state index is 5.27. The van der Waals surface area contributed by atoms with Crippen LogP contribution in [0.2, 0.25) is 0 Å². The molecule has 1 fully saturated rings. The quantitative estimate of drug-likeness (QED) is 0.855. The molecule has 2 aromatic rings. The molecule has 0 bridgehead atoms. The Kier molecular flexibility index (Phi) is 2.20. The van der Waals surface area contributed by atoms with Crippen LogP contribution in [0.25, 0.3) is 0 Å². The van der Waals surface area contributed by atoms with Gasteiger partial charge in [-0.1, -0.05) is 0 Å². The molecule has 0 unspecified atom stereocenters. The molecule has 84 valence electrons. The molecular weight excluding hydrogens is 202 g/mol. The third-order valence-electron chi connectivity index (χ3n) is 2.92. The van der Waals surface area contributed by atoms with Gasteiger partial charge in [-0.25, -0.2) is 0 Å². The van der Waals surface area contributed by atoms with E-state index in [-0.39, 0.29) is 0 Å². The van der Waals surface area contributed by atoms with Crippen molar-refractivity contribution in [2.45, 2.75) is 25.3 Å². The van der Waals surface area contributed by atoms with E-state index in [1.807, 2.05) is 23.9 Å². The monoisotopic (exact) mass is 217 g/mol. The number of hydrogen-bond acceptors (Lipinski definition) is 3. The average Bonchev–Trinajstić information content (AvgIpc) is 2.86. The van der Waals surface area contributed by atoms with Gasteiger partial charge in [0.1, 0.15) is 11.6 Å². The molecule has 2 heterocycles. The highest BCUT2D eigenvalue weighted by molar-refractivity contribution is 5.39. The number of hydrogen-bond donors (Lipinski definition) is 1. The van der Waals surface area contributed by atoms with Crippen molar-refractivity contribution >= 4 is 5.82 Å². The molecular formula is C12H15N3O. The van der Waals surface area contributed by atoms with Gasteiger partial charge in [-0.2, -0.15) is 5.10 Å². The Morgan fingerprint density at radius 3 is 3.12 bits per heavy atom. The Morgan fingerprint density at radius 2 is 2.44 bits per heavy atom. The number of aromatic nitrogens is 2. The number of furan rings is 1. The number of nitrogens with zero attached hydrogens (tertiary/aromatic N) is 2. The molecule has 1 aliphatic carbocycles. The Hall–Kier alpha value is -1.71. The van der Waals surface area contributed by atoms with Gasteiger partial charge < -0.3 is 9.73 Å². The molecule has 3 rings (SSSR count). The average molecular weight is 217 g/mol. The SMILES string of the molecule is Cn1nc(C2CC2)cc1NCc1ccco1. The van der Waals surface area contributed by atoms with Crippen LogP contribution in [0.15, 0.2) is 28.9 Å². The molecule has 0 saturated heterocycles. The maximum atomic E-state index is 5.27. The van der Waals surface area contributed by atoms with E-state index in [2.05, 4.69) is 16.5 Å². The topological polar surface area (TPSA) is 43.0 Å². The Labute approximate surface area is 94.3 Å². The van der Waals surface area contributed by atoms with E-state index in [9.17, 15) is 0 Å². The minimum atomic E-state index is 0.699. The van der Waals surface area contributed by atoms with Crippen LogP contribution in [0.3, 0.4) is 0 Å². The molecule has 4 nitrogen and oxygen atoms in total. The van der Waals surface area contributed by atoms with Crippen molar-refractivity contribution in [1.29, 1.82) is 0 Å². The molecule has 0 aliphatic heterocycles. The van der Waals surface area contributed by atoms with E-state index in [1.54, 1.807) is 6.26 Å². The molecule has 0 atom stereocenters. The summed E-state index contributed by atoms with van der Waals surface area (Å²) < 4.78 is 7.17. The molecule has 16 heavy (non-hydrogen) atoms. The number of rotatable bonds is 4. The van der Waals surface area contributed by atoms with Crippen LogP contribution in [0, 0.1) is 0 Å². The van der Waals surface area contributed by atoms with Crippen molar-refractivity contribution in [3.8, 4) is 0 Å². The summed E-state index contributed by atoms with van der Waals surface area (Å²) in [7, 11) is 1.97. The summed E-state index contributed by atoms with van der Waals surface area (Å²) in [4.78, 5) is 0. The van der Waals surface area contributed by atoms with Crippen LogP contribution in [0.1, 0.15) is 30.2 Å². The standard InChI is InChI=1S/C12H15N3O/c1-15-12(7-11(14-15)9-4-5-9)13-8-10-3-2-6-16-10/h2-3,6-7,9,13H,4-5,8H2,1H3. The minimum absolute atomic E-state index is 0.699. The first-order valence-corrected chi connectivity index (χ1v) is 5.63. The lowest BCUT2D eigenvalue weighted by atomic mass is 10.3. The zero-order valence-corrected chi connectivity index (χ0v) is 9.31. The molecule has 0 aromatic carbocycles. The number of aryl methyl sites for hydroxylation is 1. The van der Waals surface area contributed by atoms with Crippen molar-refractivity contribution in [1.82, 2.24) is 9.78 Å². The lowest BCUT2D eigenvalue weighted by Gasteiger charge is -2.03. The van der Waals surface area contributed by atoms with E-state index < -0.39 is 0 Å². The predicted molar refractivity (Wildman–Crippen MR) is 61.2 cm³/mol. The fourth-order valence-electron chi connectivity index (χ4n) is 1.82. The van der Waals surface area contributed by atoms with Gasteiger partial charge in [0.15, 0.2) is 0 Å². The van der Waals surface area contributed by atoms with Gasteiger partial charge in [-0.3, -0.25) is 4.68 Å². The van der Waals surface area contributed by atoms with E-state index in [1.165, 1.54) is 18.5 Å². The van der Waals surface area contributed by atoms with Crippen LogP contribution in [-0.2, 0) is 13.6 Å². The summed E-state index contributed by atoms with van der Waals surface area (Å²) in [5, 5.41) is 7.82. The van der Waals surface area contributed by atoms with Gasteiger partial charge in [0.2, 0.25) is 0 Å². The minimum Gasteiger partial charge on any atom is -0.467 e. The fourth-order valence-corrected chi connectivity index (χ4v) is 1.82. The second kappa shape index (κ2) is 3.70. The first kappa shape index (κ1) is 9.51. The van der Waals surface area contributed by atoms with Gasteiger partial charge >= 0.3 is 0 Å². The van der Waals surface area contributed by atoms with Gasteiger partial charge in [-0.05, 0) is 25.0 Å². The summed E-state index contributed by atoms with van der Waals surface area (Å²) in [5.41, 5.74) is 1.21. The highest BCUT2D eigenvalue weighted by Crippen LogP contribution is 2.39. The van der Waals surface area contributed by atoms with Gasteiger partial charge in [-0.15, -0.1) is 0 Å². The Morgan fingerprint density at radius 1 is 1.56 bits per heavy atom. The van der Waals surface area contributed by atoms with Crippen LogP contribution in [0.4, 0.5) is 5.82 Å². The van der Waals surface area contributed by atoms with E-state index in [0.29, 0.717) is 12.5 Å². The molecule has 0 amide bonds. The van der Waals surface area contributed by atoms with Gasteiger partial charge in [0.25, 0.3) is 0 Å².